The third-order valence-electron chi connectivity index (χ3n) is 5.15. The second-order valence-corrected chi connectivity index (χ2v) is 8.54. The number of nitrogens with zero attached hydrogens (tertiary/aromatic N) is 2. The van der Waals surface area contributed by atoms with Crippen LogP contribution in [0.25, 0.3) is 0 Å². The third kappa shape index (κ3) is 3.28. The molecule has 29 heavy (non-hydrogen) atoms. The topological polar surface area (TPSA) is 60.8 Å². The second kappa shape index (κ2) is 7.53. The number of hydrogen-bond acceptors (Lipinski definition) is 4. The minimum atomic E-state index is -4.11. The van der Waals surface area contributed by atoms with Gasteiger partial charge in [0.1, 0.15) is 22.2 Å². The maximum atomic E-state index is 14.4. The molecule has 0 bridgehead atoms. The normalized spacial score (nSPS) is 17.0. The van der Waals surface area contributed by atoms with Crippen LogP contribution in [0.4, 0.5) is 4.39 Å². The van der Waals surface area contributed by atoms with Gasteiger partial charge in [0, 0.05) is 30.5 Å². The van der Waals surface area contributed by atoms with E-state index in [9.17, 15) is 12.8 Å². The number of hydrogen-bond donors (Lipinski definition) is 0. The predicted molar refractivity (Wildman–Crippen MR) is 106 cm³/mol. The van der Waals surface area contributed by atoms with Crippen LogP contribution >= 0.6 is 0 Å². The Morgan fingerprint density at radius 3 is 2.52 bits per heavy atom. The maximum Gasteiger partial charge on any atom is 0.246 e. The Morgan fingerprint density at radius 2 is 1.79 bits per heavy atom. The molecule has 1 unspecified atom stereocenters. The van der Waals surface area contributed by atoms with Crippen molar-refractivity contribution in [3.05, 3.63) is 77.9 Å². The molecule has 2 heterocycles. The van der Waals surface area contributed by atoms with Crippen LogP contribution in [0.2, 0.25) is 0 Å². The number of benzene rings is 2. The molecule has 1 aromatic heterocycles. The Labute approximate surface area is 169 Å². The van der Waals surface area contributed by atoms with Gasteiger partial charge in [-0.15, -0.1) is 0 Å². The lowest BCUT2D eigenvalue weighted by Gasteiger charge is -2.37. The number of aromatic nitrogens is 1. The minimum absolute atomic E-state index is 0.198. The standard InChI is InChI=1S/C21H21FN2O4S/c1-27-15-9-10-19(28-2)16(14-15)21-18-7-5-11-23(18)12-13-24(21)29(25,26)20-8-4-3-6-17(20)22/h3-11,14,21H,12-13H2,1-2H3. The average Bonchev–Trinajstić information content (AvgIpc) is 3.21. The van der Waals surface area contributed by atoms with Crippen LogP contribution in [0.3, 0.4) is 0 Å². The first-order chi connectivity index (χ1) is 14.0. The molecular formula is C21H21FN2O4S. The van der Waals surface area contributed by atoms with Crippen LogP contribution in [0.15, 0.2) is 65.7 Å². The largest absolute Gasteiger partial charge is 0.497 e. The molecule has 1 aliphatic rings. The van der Waals surface area contributed by atoms with Crippen LogP contribution < -0.4 is 9.47 Å². The monoisotopic (exact) mass is 416 g/mol. The van der Waals surface area contributed by atoms with Gasteiger partial charge in [-0.1, -0.05) is 12.1 Å². The molecule has 2 aromatic carbocycles. The molecule has 0 radical (unpaired) electrons. The van der Waals surface area contributed by atoms with Gasteiger partial charge in [0.05, 0.1) is 20.3 Å². The van der Waals surface area contributed by atoms with Crippen molar-refractivity contribution >= 4 is 10.0 Å². The van der Waals surface area contributed by atoms with Crippen molar-refractivity contribution in [2.45, 2.75) is 17.5 Å². The fraction of sp³-hybridized carbons (Fsp3) is 0.238. The Bertz CT molecular complexity index is 1140. The van der Waals surface area contributed by atoms with E-state index in [0.717, 1.165) is 11.8 Å². The summed E-state index contributed by atoms with van der Waals surface area (Å²) in [6, 6.07) is 13.7. The zero-order valence-electron chi connectivity index (χ0n) is 16.1. The van der Waals surface area contributed by atoms with E-state index in [1.807, 2.05) is 22.9 Å². The van der Waals surface area contributed by atoms with Crippen LogP contribution in [0, 0.1) is 5.82 Å². The van der Waals surface area contributed by atoms with Crippen molar-refractivity contribution in [3.8, 4) is 11.5 Å². The molecule has 152 valence electrons. The van der Waals surface area contributed by atoms with Crippen LogP contribution in [-0.4, -0.2) is 38.1 Å². The van der Waals surface area contributed by atoms with Gasteiger partial charge in [-0.25, -0.2) is 12.8 Å². The fourth-order valence-corrected chi connectivity index (χ4v) is 5.41. The molecule has 0 aliphatic carbocycles. The Balaban J connectivity index is 1.93. The van der Waals surface area contributed by atoms with E-state index in [0.29, 0.717) is 23.6 Å². The van der Waals surface area contributed by atoms with Gasteiger partial charge < -0.3 is 14.0 Å². The number of halogens is 1. The summed E-state index contributed by atoms with van der Waals surface area (Å²) in [4.78, 5) is -0.341. The Morgan fingerprint density at radius 1 is 1.00 bits per heavy atom. The van der Waals surface area contributed by atoms with Crippen molar-refractivity contribution in [2.75, 3.05) is 20.8 Å². The number of sulfonamides is 1. The molecule has 0 amide bonds. The maximum absolute atomic E-state index is 14.4. The summed E-state index contributed by atoms with van der Waals surface area (Å²) in [7, 11) is -1.03. The molecule has 0 fully saturated rings. The molecule has 8 heteroatoms. The molecule has 0 N–H and O–H groups in total. The van der Waals surface area contributed by atoms with E-state index < -0.39 is 21.9 Å². The van der Waals surface area contributed by atoms with Crippen LogP contribution in [-0.2, 0) is 16.6 Å². The summed E-state index contributed by atoms with van der Waals surface area (Å²) in [6.07, 6.45) is 1.90. The highest BCUT2D eigenvalue weighted by molar-refractivity contribution is 7.89. The van der Waals surface area contributed by atoms with Crippen molar-refractivity contribution in [2.24, 2.45) is 0 Å². The van der Waals surface area contributed by atoms with Gasteiger partial charge >= 0.3 is 0 Å². The molecule has 6 nitrogen and oxygen atoms in total. The third-order valence-corrected chi connectivity index (χ3v) is 7.05. The van der Waals surface area contributed by atoms with Crippen molar-refractivity contribution in [1.29, 1.82) is 0 Å². The van der Waals surface area contributed by atoms with E-state index >= 15 is 0 Å². The van der Waals surface area contributed by atoms with Gasteiger partial charge in [0.25, 0.3) is 0 Å². The Kier molecular flexibility index (Phi) is 5.06. The quantitative estimate of drug-likeness (QED) is 0.639. The van der Waals surface area contributed by atoms with Gasteiger partial charge in [-0.05, 0) is 42.5 Å². The van der Waals surface area contributed by atoms with Gasteiger partial charge in [0.15, 0.2) is 0 Å². The summed E-state index contributed by atoms with van der Waals surface area (Å²) in [5, 5.41) is 0. The van der Waals surface area contributed by atoms with Gasteiger partial charge in [-0.3, -0.25) is 0 Å². The lowest BCUT2D eigenvalue weighted by atomic mass is 10.0. The van der Waals surface area contributed by atoms with Gasteiger partial charge in [-0.2, -0.15) is 4.31 Å². The molecule has 1 atom stereocenters. The summed E-state index contributed by atoms with van der Waals surface area (Å²) >= 11 is 0. The average molecular weight is 416 g/mol. The van der Waals surface area contributed by atoms with E-state index in [-0.39, 0.29) is 11.4 Å². The van der Waals surface area contributed by atoms with Gasteiger partial charge in [0.2, 0.25) is 10.0 Å². The van der Waals surface area contributed by atoms with E-state index in [4.69, 9.17) is 9.47 Å². The highest BCUT2D eigenvalue weighted by atomic mass is 32.2. The number of rotatable bonds is 5. The number of methoxy groups -OCH3 is 2. The first-order valence-corrected chi connectivity index (χ1v) is 10.5. The van der Waals surface area contributed by atoms with Crippen LogP contribution in [0.5, 0.6) is 11.5 Å². The highest BCUT2D eigenvalue weighted by Gasteiger charge is 2.40. The fourth-order valence-electron chi connectivity index (χ4n) is 3.77. The predicted octanol–water partition coefficient (Wildman–Crippen LogP) is 3.44. The molecular weight excluding hydrogens is 395 g/mol. The van der Waals surface area contributed by atoms with Crippen molar-refractivity contribution in [1.82, 2.24) is 8.87 Å². The van der Waals surface area contributed by atoms with E-state index in [1.165, 1.54) is 29.6 Å². The second-order valence-electron chi connectivity index (χ2n) is 6.68. The highest BCUT2D eigenvalue weighted by Crippen LogP contribution is 2.41. The molecule has 0 saturated heterocycles. The molecule has 3 aromatic rings. The lowest BCUT2D eigenvalue weighted by Crippen LogP contribution is -2.42. The summed E-state index contributed by atoms with van der Waals surface area (Å²) in [5.41, 5.74) is 1.41. The zero-order chi connectivity index (χ0) is 20.6. The van der Waals surface area contributed by atoms with Crippen LogP contribution in [0.1, 0.15) is 17.3 Å². The first kappa shape index (κ1) is 19.5. The zero-order valence-corrected chi connectivity index (χ0v) is 16.9. The SMILES string of the molecule is COc1ccc(OC)c(C2c3cccn3CCN2S(=O)(=O)c2ccccc2F)c1. The molecule has 0 saturated carbocycles. The number of fused-ring (bicyclic) bond motifs is 1. The summed E-state index contributed by atoms with van der Waals surface area (Å²) in [5.74, 6) is 0.330. The smallest absolute Gasteiger partial charge is 0.246 e. The summed E-state index contributed by atoms with van der Waals surface area (Å²) < 4.78 is 55.6. The van der Waals surface area contributed by atoms with E-state index in [2.05, 4.69) is 0 Å². The molecule has 1 aliphatic heterocycles. The summed E-state index contributed by atoms with van der Waals surface area (Å²) in [6.45, 7) is 0.669. The first-order valence-electron chi connectivity index (χ1n) is 9.10. The lowest BCUT2D eigenvalue weighted by molar-refractivity contribution is 0.288. The van der Waals surface area contributed by atoms with Crippen molar-refractivity contribution in [3.63, 3.8) is 0 Å². The molecule has 0 spiro atoms. The minimum Gasteiger partial charge on any atom is -0.497 e. The van der Waals surface area contributed by atoms with Crippen molar-refractivity contribution < 1.29 is 22.3 Å². The Hall–Kier alpha value is -2.84. The van der Waals surface area contributed by atoms with E-state index in [1.54, 1.807) is 25.3 Å². The molecule has 4 rings (SSSR count). The number of ether oxygens (including phenoxy) is 2.